The Kier molecular flexibility index (Phi) is 3.85. The quantitative estimate of drug-likeness (QED) is 0.627. The van der Waals surface area contributed by atoms with Gasteiger partial charge < -0.3 is 9.47 Å². The Balaban J connectivity index is 2.17. The van der Waals surface area contributed by atoms with Crippen LogP contribution in [0.25, 0.3) is 0 Å². The molecular weight excluding hydrogens is 252 g/mol. The van der Waals surface area contributed by atoms with Crippen molar-refractivity contribution in [1.29, 1.82) is 0 Å². The molecular formula is C14H11ClO3. The van der Waals surface area contributed by atoms with Crippen molar-refractivity contribution in [1.82, 2.24) is 0 Å². The molecule has 0 heterocycles. The summed E-state index contributed by atoms with van der Waals surface area (Å²) in [6.45, 7) is 0. The summed E-state index contributed by atoms with van der Waals surface area (Å²) in [6.07, 6.45) is 0. The predicted molar refractivity (Wildman–Crippen MR) is 69.4 cm³/mol. The van der Waals surface area contributed by atoms with E-state index in [1.165, 1.54) is 0 Å². The highest BCUT2D eigenvalue weighted by molar-refractivity contribution is 6.32. The Hall–Kier alpha value is -2.00. The van der Waals surface area contributed by atoms with Gasteiger partial charge in [0.1, 0.15) is 11.5 Å². The van der Waals surface area contributed by atoms with Crippen molar-refractivity contribution in [3.63, 3.8) is 0 Å². The maximum absolute atomic E-state index is 11.8. The SMILES string of the molecule is COc1ccc(OC(=O)c2ccccc2)c(Cl)c1. The lowest BCUT2D eigenvalue weighted by Crippen LogP contribution is -2.08. The third kappa shape index (κ3) is 2.81. The number of halogens is 1. The van der Waals surface area contributed by atoms with E-state index in [9.17, 15) is 4.79 Å². The van der Waals surface area contributed by atoms with Gasteiger partial charge in [-0.2, -0.15) is 0 Å². The largest absolute Gasteiger partial charge is 0.497 e. The van der Waals surface area contributed by atoms with Crippen molar-refractivity contribution in [3.8, 4) is 11.5 Å². The first-order chi connectivity index (χ1) is 8.70. The standard InChI is InChI=1S/C14H11ClO3/c1-17-11-7-8-13(12(15)9-11)18-14(16)10-5-3-2-4-6-10/h2-9H,1H3. The maximum atomic E-state index is 11.8. The van der Waals surface area contributed by atoms with Crippen molar-refractivity contribution in [2.24, 2.45) is 0 Å². The van der Waals surface area contributed by atoms with E-state index in [2.05, 4.69) is 0 Å². The molecule has 18 heavy (non-hydrogen) atoms. The molecule has 0 saturated carbocycles. The van der Waals surface area contributed by atoms with Crippen LogP contribution < -0.4 is 9.47 Å². The van der Waals surface area contributed by atoms with Gasteiger partial charge in [0.05, 0.1) is 17.7 Å². The lowest BCUT2D eigenvalue weighted by atomic mass is 10.2. The summed E-state index contributed by atoms with van der Waals surface area (Å²) in [5.41, 5.74) is 0.476. The lowest BCUT2D eigenvalue weighted by molar-refractivity contribution is 0.0734. The van der Waals surface area contributed by atoms with Gasteiger partial charge in [0.2, 0.25) is 0 Å². The van der Waals surface area contributed by atoms with E-state index in [0.29, 0.717) is 22.1 Å². The molecule has 2 rings (SSSR count). The predicted octanol–water partition coefficient (Wildman–Crippen LogP) is 3.57. The van der Waals surface area contributed by atoms with E-state index >= 15 is 0 Å². The first kappa shape index (κ1) is 12.5. The monoisotopic (exact) mass is 262 g/mol. The summed E-state index contributed by atoms with van der Waals surface area (Å²) in [6, 6.07) is 13.6. The molecule has 0 spiro atoms. The summed E-state index contributed by atoms with van der Waals surface area (Å²) in [7, 11) is 1.54. The van der Waals surface area contributed by atoms with E-state index in [1.54, 1.807) is 49.6 Å². The van der Waals surface area contributed by atoms with Crippen molar-refractivity contribution in [3.05, 3.63) is 59.1 Å². The Labute approximate surface area is 110 Å². The first-order valence-electron chi connectivity index (χ1n) is 5.31. The summed E-state index contributed by atoms with van der Waals surface area (Å²) in [4.78, 5) is 11.8. The molecule has 0 amide bonds. The number of rotatable bonds is 3. The number of hydrogen-bond donors (Lipinski definition) is 0. The molecule has 3 nitrogen and oxygen atoms in total. The van der Waals surface area contributed by atoms with Gasteiger partial charge in [-0.1, -0.05) is 29.8 Å². The molecule has 0 aromatic heterocycles. The highest BCUT2D eigenvalue weighted by Gasteiger charge is 2.11. The highest BCUT2D eigenvalue weighted by Crippen LogP contribution is 2.29. The fourth-order valence-corrected chi connectivity index (χ4v) is 1.63. The van der Waals surface area contributed by atoms with E-state index in [0.717, 1.165) is 0 Å². The van der Waals surface area contributed by atoms with Gasteiger partial charge in [0, 0.05) is 6.07 Å². The second-order valence-corrected chi connectivity index (χ2v) is 3.96. The van der Waals surface area contributed by atoms with E-state index < -0.39 is 5.97 Å². The molecule has 0 fully saturated rings. The van der Waals surface area contributed by atoms with Crippen LogP contribution in [0, 0.1) is 0 Å². The second kappa shape index (κ2) is 5.56. The number of ether oxygens (including phenoxy) is 2. The molecule has 0 aliphatic heterocycles. The smallest absolute Gasteiger partial charge is 0.343 e. The first-order valence-corrected chi connectivity index (χ1v) is 5.69. The third-order valence-corrected chi connectivity index (χ3v) is 2.65. The molecule has 0 aliphatic carbocycles. The fraction of sp³-hybridized carbons (Fsp3) is 0.0714. The fourth-order valence-electron chi connectivity index (χ4n) is 1.42. The normalized spacial score (nSPS) is 9.89. The van der Waals surface area contributed by atoms with Crippen LogP contribution in [0.15, 0.2) is 48.5 Å². The Bertz CT molecular complexity index is 552. The van der Waals surface area contributed by atoms with E-state index in [-0.39, 0.29) is 0 Å². The van der Waals surface area contributed by atoms with Crippen LogP contribution in [0.5, 0.6) is 11.5 Å². The van der Waals surface area contributed by atoms with Crippen LogP contribution in [-0.4, -0.2) is 13.1 Å². The number of esters is 1. The molecule has 0 unspecified atom stereocenters. The van der Waals surface area contributed by atoms with Gasteiger partial charge in [-0.05, 0) is 24.3 Å². The van der Waals surface area contributed by atoms with Gasteiger partial charge in [0.25, 0.3) is 0 Å². The van der Waals surface area contributed by atoms with Crippen LogP contribution in [0.3, 0.4) is 0 Å². The number of benzene rings is 2. The van der Waals surface area contributed by atoms with Crippen LogP contribution in [0.2, 0.25) is 5.02 Å². The Morgan fingerprint density at radius 1 is 1.11 bits per heavy atom. The number of methoxy groups -OCH3 is 1. The van der Waals surface area contributed by atoms with Gasteiger partial charge in [-0.15, -0.1) is 0 Å². The summed E-state index contributed by atoms with van der Waals surface area (Å²) in [5, 5.41) is 0.332. The molecule has 92 valence electrons. The lowest BCUT2D eigenvalue weighted by Gasteiger charge is -2.07. The van der Waals surface area contributed by atoms with Crippen LogP contribution in [-0.2, 0) is 0 Å². The van der Waals surface area contributed by atoms with Crippen molar-refractivity contribution in [2.75, 3.05) is 7.11 Å². The molecule has 0 atom stereocenters. The van der Waals surface area contributed by atoms with Gasteiger partial charge in [-0.25, -0.2) is 4.79 Å². The topological polar surface area (TPSA) is 35.5 Å². The molecule has 4 heteroatoms. The zero-order valence-electron chi connectivity index (χ0n) is 9.72. The summed E-state index contributed by atoms with van der Waals surface area (Å²) < 4.78 is 10.2. The van der Waals surface area contributed by atoms with Gasteiger partial charge >= 0.3 is 5.97 Å². The second-order valence-electron chi connectivity index (χ2n) is 3.55. The van der Waals surface area contributed by atoms with Crippen LogP contribution in [0.1, 0.15) is 10.4 Å². The van der Waals surface area contributed by atoms with Gasteiger partial charge in [-0.3, -0.25) is 0 Å². The number of hydrogen-bond acceptors (Lipinski definition) is 3. The minimum atomic E-state index is -0.442. The molecule has 2 aromatic rings. The molecule has 2 aromatic carbocycles. The maximum Gasteiger partial charge on any atom is 0.343 e. The zero-order chi connectivity index (χ0) is 13.0. The van der Waals surface area contributed by atoms with Crippen molar-refractivity contribution >= 4 is 17.6 Å². The Morgan fingerprint density at radius 2 is 1.83 bits per heavy atom. The zero-order valence-corrected chi connectivity index (χ0v) is 10.5. The average Bonchev–Trinajstić information content (AvgIpc) is 2.42. The molecule has 0 aliphatic rings. The molecule has 0 saturated heterocycles. The van der Waals surface area contributed by atoms with Gasteiger partial charge in [0.15, 0.2) is 0 Å². The molecule has 0 bridgehead atoms. The van der Waals surface area contributed by atoms with Crippen molar-refractivity contribution in [2.45, 2.75) is 0 Å². The summed E-state index contributed by atoms with van der Waals surface area (Å²) >= 11 is 5.98. The minimum absolute atomic E-state index is 0.311. The molecule has 0 radical (unpaired) electrons. The summed E-state index contributed by atoms with van der Waals surface area (Å²) in [5.74, 6) is 0.480. The van der Waals surface area contributed by atoms with Crippen molar-refractivity contribution < 1.29 is 14.3 Å². The number of carbonyl (C=O) groups is 1. The van der Waals surface area contributed by atoms with Crippen LogP contribution in [0.4, 0.5) is 0 Å². The van der Waals surface area contributed by atoms with Crippen LogP contribution >= 0.6 is 11.6 Å². The third-order valence-electron chi connectivity index (χ3n) is 2.35. The average molecular weight is 263 g/mol. The minimum Gasteiger partial charge on any atom is -0.497 e. The number of carbonyl (C=O) groups excluding carboxylic acids is 1. The van der Waals surface area contributed by atoms with E-state index in [4.69, 9.17) is 21.1 Å². The van der Waals surface area contributed by atoms with E-state index in [1.807, 2.05) is 6.07 Å². The Morgan fingerprint density at radius 3 is 2.44 bits per heavy atom. The highest BCUT2D eigenvalue weighted by atomic mass is 35.5. The molecule has 0 N–H and O–H groups in total.